The van der Waals surface area contributed by atoms with Crippen LogP contribution >= 0.6 is 0 Å². The highest BCUT2D eigenvalue weighted by Crippen LogP contribution is 2.18. The Kier molecular flexibility index (Phi) is 3.66. The van der Waals surface area contributed by atoms with E-state index in [1.165, 1.54) is 0 Å². The van der Waals surface area contributed by atoms with E-state index in [1.54, 1.807) is 0 Å². The topological polar surface area (TPSA) is 60.2 Å². The third-order valence-corrected chi connectivity index (χ3v) is 2.90. The Labute approximate surface area is 89.8 Å². The van der Waals surface area contributed by atoms with Crippen molar-refractivity contribution in [1.82, 2.24) is 10.4 Å². The van der Waals surface area contributed by atoms with Crippen LogP contribution in [0.2, 0.25) is 0 Å². The standard InChI is InChI=1S/C11H17N3O/c12-14-11(9-4-6-15-8-9)7-10-3-1-2-5-13-10/h1-3,5,9,11,14H,4,6-8,12H2. The second-order valence-corrected chi connectivity index (χ2v) is 3.92. The molecule has 2 rings (SSSR count). The van der Waals surface area contributed by atoms with Gasteiger partial charge in [0.25, 0.3) is 0 Å². The summed E-state index contributed by atoms with van der Waals surface area (Å²) in [6.07, 6.45) is 3.77. The maximum absolute atomic E-state index is 5.57. The number of hydrazine groups is 1. The van der Waals surface area contributed by atoms with E-state index in [0.717, 1.165) is 31.7 Å². The number of nitrogens with two attached hydrogens (primary N) is 1. The van der Waals surface area contributed by atoms with Crippen molar-refractivity contribution in [2.75, 3.05) is 13.2 Å². The first-order valence-electron chi connectivity index (χ1n) is 5.34. The summed E-state index contributed by atoms with van der Waals surface area (Å²) in [6.45, 7) is 1.66. The molecule has 1 aromatic heterocycles. The van der Waals surface area contributed by atoms with Gasteiger partial charge >= 0.3 is 0 Å². The van der Waals surface area contributed by atoms with Crippen LogP contribution in [0.3, 0.4) is 0 Å². The largest absolute Gasteiger partial charge is 0.381 e. The fourth-order valence-corrected chi connectivity index (χ4v) is 1.98. The Morgan fingerprint density at radius 2 is 2.53 bits per heavy atom. The second kappa shape index (κ2) is 5.21. The predicted octanol–water partition coefficient (Wildman–Crippen LogP) is 0.492. The van der Waals surface area contributed by atoms with E-state index >= 15 is 0 Å². The molecular weight excluding hydrogens is 190 g/mol. The molecule has 1 aliphatic heterocycles. The average molecular weight is 207 g/mol. The van der Waals surface area contributed by atoms with E-state index in [-0.39, 0.29) is 6.04 Å². The number of rotatable bonds is 4. The molecular formula is C11H17N3O. The summed E-state index contributed by atoms with van der Waals surface area (Å²) in [5.74, 6) is 6.08. The third-order valence-electron chi connectivity index (χ3n) is 2.90. The maximum atomic E-state index is 5.57. The zero-order valence-electron chi connectivity index (χ0n) is 8.73. The summed E-state index contributed by atoms with van der Waals surface area (Å²) in [6, 6.07) is 6.22. The Morgan fingerprint density at radius 3 is 3.13 bits per heavy atom. The van der Waals surface area contributed by atoms with Crippen molar-refractivity contribution in [1.29, 1.82) is 0 Å². The Balaban J connectivity index is 1.96. The van der Waals surface area contributed by atoms with Crippen LogP contribution in [0.15, 0.2) is 24.4 Å². The minimum atomic E-state index is 0.266. The summed E-state index contributed by atoms with van der Waals surface area (Å²) in [7, 11) is 0. The monoisotopic (exact) mass is 207 g/mol. The lowest BCUT2D eigenvalue weighted by Gasteiger charge is -2.20. The van der Waals surface area contributed by atoms with Gasteiger partial charge in [0.1, 0.15) is 0 Å². The summed E-state index contributed by atoms with van der Waals surface area (Å²) < 4.78 is 5.36. The van der Waals surface area contributed by atoms with Gasteiger partial charge in [-0.05, 0) is 18.6 Å². The molecule has 1 aromatic rings. The lowest BCUT2D eigenvalue weighted by Crippen LogP contribution is -2.42. The molecule has 0 saturated carbocycles. The van der Waals surface area contributed by atoms with Gasteiger partial charge in [-0.1, -0.05) is 6.07 Å². The number of hydrogen-bond acceptors (Lipinski definition) is 4. The normalized spacial score (nSPS) is 22.9. The Bertz CT molecular complexity index is 285. The Morgan fingerprint density at radius 1 is 1.60 bits per heavy atom. The van der Waals surface area contributed by atoms with Crippen molar-refractivity contribution in [3.05, 3.63) is 30.1 Å². The molecule has 0 amide bonds. The number of nitrogens with one attached hydrogen (secondary N) is 1. The maximum Gasteiger partial charge on any atom is 0.0510 e. The molecule has 0 bridgehead atoms. The van der Waals surface area contributed by atoms with Crippen LogP contribution in [0, 0.1) is 5.92 Å². The molecule has 82 valence electrons. The van der Waals surface area contributed by atoms with Crippen LogP contribution in [0.1, 0.15) is 12.1 Å². The molecule has 2 heterocycles. The van der Waals surface area contributed by atoms with Crippen LogP contribution in [0.25, 0.3) is 0 Å². The summed E-state index contributed by atoms with van der Waals surface area (Å²) >= 11 is 0. The molecule has 4 nitrogen and oxygen atoms in total. The quantitative estimate of drug-likeness (QED) is 0.557. The smallest absolute Gasteiger partial charge is 0.0510 e. The van der Waals surface area contributed by atoms with Crippen molar-refractivity contribution >= 4 is 0 Å². The van der Waals surface area contributed by atoms with Gasteiger partial charge in [0.15, 0.2) is 0 Å². The molecule has 2 unspecified atom stereocenters. The average Bonchev–Trinajstić information content (AvgIpc) is 2.81. The van der Waals surface area contributed by atoms with Crippen LogP contribution in [-0.4, -0.2) is 24.2 Å². The first kappa shape index (κ1) is 10.5. The number of hydrogen-bond donors (Lipinski definition) is 2. The molecule has 0 spiro atoms. The molecule has 3 N–H and O–H groups in total. The number of pyridine rings is 1. The molecule has 2 atom stereocenters. The zero-order valence-corrected chi connectivity index (χ0v) is 8.73. The summed E-state index contributed by atoms with van der Waals surface area (Å²) in [4.78, 5) is 4.30. The lowest BCUT2D eigenvalue weighted by molar-refractivity contribution is 0.176. The summed E-state index contributed by atoms with van der Waals surface area (Å²) in [5.41, 5.74) is 3.95. The Hall–Kier alpha value is -0.970. The van der Waals surface area contributed by atoms with Gasteiger partial charge in [-0.15, -0.1) is 0 Å². The van der Waals surface area contributed by atoms with Crippen molar-refractivity contribution < 1.29 is 4.74 Å². The highest BCUT2D eigenvalue weighted by atomic mass is 16.5. The van der Waals surface area contributed by atoms with Crippen LogP contribution in [-0.2, 0) is 11.2 Å². The molecule has 15 heavy (non-hydrogen) atoms. The van der Waals surface area contributed by atoms with E-state index < -0.39 is 0 Å². The van der Waals surface area contributed by atoms with Crippen molar-refractivity contribution in [3.8, 4) is 0 Å². The predicted molar refractivity (Wildman–Crippen MR) is 58.0 cm³/mol. The third kappa shape index (κ3) is 2.75. The van der Waals surface area contributed by atoms with Crippen LogP contribution < -0.4 is 11.3 Å². The van der Waals surface area contributed by atoms with E-state index in [0.29, 0.717) is 5.92 Å². The molecule has 0 aromatic carbocycles. The van der Waals surface area contributed by atoms with Crippen LogP contribution in [0.4, 0.5) is 0 Å². The van der Waals surface area contributed by atoms with Gasteiger partial charge in [0, 0.05) is 36.9 Å². The van der Waals surface area contributed by atoms with E-state index in [4.69, 9.17) is 10.6 Å². The minimum Gasteiger partial charge on any atom is -0.381 e. The SMILES string of the molecule is NNC(Cc1ccccn1)C1CCOC1. The van der Waals surface area contributed by atoms with Gasteiger partial charge in [0.05, 0.1) is 6.61 Å². The highest BCUT2D eigenvalue weighted by Gasteiger charge is 2.25. The number of ether oxygens (including phenoxy) is 1. The van der Waals surface area contributed by atoms with Gasteiger partial charge in [0.2, 0.25) is 0 Å². The van der Waals surface area contributed by atoms with Crippen molar-refractivity contribution in [3.63, 3.8) is 0 Å². The summed E-state index contributed by atoms with van der Waals surface area (Å²) in [5, 5.41) is 0. The molecule has 1 aliphatic rings. The number of nitrogens with zero attached hydrogens (tertiary/aromatic N) is 1. The first-order chi connectivity index (χ1) is 7.40. The fourth-order valence-electron chi connectivity index (χ4n) is 1.98. The lowest BCUT2D eigenvalue weighted by atomic mass is 9.95. The fraction of sp³-hybridized carbons (Fsp3) is 0.545. The first-order valence-corrected chi connectivity index (χ1v) is 5.34. The van der Waals surface area contributed by atoms with Gasteiger partial charge < -0.3 is 4.74 Å². The minimum absolute atomic E-state index is 0.266. The van der Waals surface area contributed by atoms with E-state index in [9.17, 15) is 0 Å². The highest BCUT2D eigenvalue weighted by molar-refractivity contribution is 5.05. The molecule has 0 radical (unpaired) electrons. The number of aromatic nitrogens is 1. The molecule has 4 heteroatoms. The molecule has 0 aliphatic carbocycles. The molecule has 1 fully saturated rings. The van der Waals surface area contributed by atoms with E-state index in [1.807, 2.05) is 24.4 Å². The zero-order chi connectivity index (χ0) is 10.5. The van der Waals surface area contributed by atoms with Gasteiger partial charge in [-0.25, -0.2) is 0 Å². The van der Waals surface area contributed by atoms with E-state index in [2.05, 4.69) is 10.4 Å². The molecule has 1 saturated heterocycles. The van der Waals surface area contributed by atoms with Gasteiger partial charge in [-0.3, -0.25) is 16.3 Å². The van der Waals surface area contributed by atoms with Crippen molar-refractivity contribution in [2.45, 2.75) is 18.9 Å². The second-order valence-electron chi connectivity index (χ2n) is 3.92. The van der Waals surface area contributed by atoms with Gasteiger partial charge in [-0.2, -0.15) is 0 Å². The van der Waals surface area contributed by atoms with Crippen LogP contribution in [0.5, 0.6) is 0 Å². The van der Waals surface area contributed by atoms with Crippen molar-refractivity contribution in [2.24, 2.45) is 11.8 Å².